The summed E-state index contributed by atoms with van der Waals surface area (Å²) in [5.41, 5.74) is 0.316. The van der Waals surface area contributed by atoms with E-state index in [-0.39, 0.29) is 23.4 Å². The highest BCUT2D eigenvalue weighted by atomic mass is 19.1. The van der Waals surface area contributed by atoms with Crippen LogP contribution in [0.15, 0.2) is 12.1 Å². The third-order valence-corrected chi connectivity index (χ3v) is 3.41. The van der Waals surface area contributed by atoms with E-state index in [9.17, 15) is 13.6 Å². The van der Waals surface area contributed by atoms with E-state index in [0.717, 1.165) is 6.07 Å². The molecule has 0 heterocycles. The van der Waals surface area contributed by atoms with Crippen LogP contribution in [-0.4, -0.2) is 12.4 Å². The second kappa shape index (κ2) is 8.86. The van der Waals surface area contributed by atoms with Gasteiger partial charge in [-0.3, -0.25) is 4.79 Å². The summed E-state index contributed by atoms with van der Waals surface area (Å²) in [6, 6.07) is 2.30. The van der Waals surface area contributed by atoms with E-state index in [1.807, 2.05) is 27.7 Å². The second-order valence-electron chi connectivity index (χ2n) is 6.41. The number of ketones is 1. The van der Waals surface area contributed by atoms with E-state index < -0.39 is 11.6 Å². The molecule has 2 nitrogen and oxygen atoms in total. The van der Waals surface area contributed by atoms with Gasteiger partial charge in [-0.1, -0.05) is 27.7 Å². The Labute approximate surface area is 131 Å². The van der Waals surface area contributed by atoms with Gasteiger partial charge >= 0.3 is 0 Å². The first-order chi connectivity index (χ1) is 10.3. The Kier molecular flexibility index (Phi) is 7.49. The maximum Gasteiger partial charge on any atom is 0.168 e. The summed E-state index contributed by atoms with van der Waals surface area (Å²) in [4.78, 5) is 11.5. The maximum atomic E-state index is 14.3. The van der Waals surface area contributed by atoms with E-state index in [0.29, 0.717) is 37.9 Å². The third-order valence-electron chi connectivity index (χ3n) is 3.41. The van der Waals surface area contributed by atoms with E-state index >= 15 is 0 Å². The van der Waals surface area contributed by atoms with Crippen LogP contribution in [0.25, 0.3) is 0 Å². The number of halogens is 2. The number of hydrogen-bond acceptors (Lipinski definition) is 2. The van der Waals surface area contributed by atoms with Gasteiger partial charge in [0.15, 0.2) is 11.6 Å². The van der Waals surface area contributed by atoms with Gasteiger partial charge in [0, 0.05) is 18.4 Å². The molecule has 4 heteroatoms. The lowest BCUT2D eigenvalue weighted by atomic mass is 10.0. The van der Waals surface area contributed by atoms with Gasteiger partial charge < -0.3 is 4.74 Å². The van der Waals surface area contributed by atoms with Crippen molar-refractivity contribution in [3.63, 3.8) is 0 Å². The lowest BCUT2D eigenvalue weighted by Crippen LogP contribution is -2.08. The number of Topliss-reactive ketones (excluding diaryl/α,β-unsaturated/α-hetero) is 1. The van der Waals surface area contributed by atoms with Crippen LogP contribution >= 0.6 is 0 Å². The molecular formula is C18H26F2O2. The Morgan fingerprint density at radius 3 is 2.41 bits per heavy atom. The first-order valence-electron chi connectivity index (χ1n) is 7.94. The monoisotopic (exact) mass is 312 g/mol. The molecule has 0 radical (unpaired) electrons. The van der Waals surface area contributed by atoms with Crippen molar-refractivity contribution in [1.29, 1.82) is 0 Å². The van der Waals surface area contributed by atoms with Crippen LogP contribution in [0.5, 0.6) is 5.75 Å². The first-order valence-corrected chi connectivity index (χ1v) is 7.94. The average Bonchev–Trinajstić information content (AvgIpc) is 2.44. The third kappa shape index (κ3) is 6.12. The minimum Gasteiger partial charge on any atom is -0.490 e. The minimum atomic E-state index is -0.492. The Morgan fingerprint density at radius 2 is 1.82 bits per heavy atom. The fourth-order valence-corrected chi connectivity index (χ4v) is 2.07. The fourth-order valence-electron chi connectivity index (χ4n) is 2.07. The predicted molar refractivity (Wildman–Crippen MR) is 84.1 cm³/mol. The fraction of sp³-hybridized carbons (Fsp3) is 0.611. The van der Waals surface area contributed by atoms with Crippen LogP contribution in [0.4, 0.5) is 8.78 Å². The van der Waals surface area contributed by atoms with Gasteiger partial charge in [-0.05, 0) is 36.8 Å². The van der Waals surface area contributed by atoms with Crippen molar-refractivity contribution in [2.45, 2.75) is 53.4 Å². The highest BCUT2D eigenvalue weighted by Gasteiger charge is 2.13. The molecule has 0 bridgehead atoms. The molecule has 124 valence electrons. The molecule has 0 amide bonds. The molecule has 1 aromatic rings. The molecule has 1 aromatic carbocycles. The van der Waals surface area contributed by atoms with Crippen LogP contribution < -0.4 is 4.74 Å². The molecule has 0 atom stereocenters. The van der Waals surface area contributed by atoms with Crippen molar-refractivity contribution in [3.05, 3.63) is 29.3 Å². The zero-order chi connectivity index (χ0) is 16.7. The Balaban J connectivity index is 2.61. The van der Waals surface area contributed by atoms with Crippen LogP contribution in [0.2, 0.25) is 0 Å². The van der Waals surface area contributed by atoms with Crippen LogP contribution in [0.3, 0.4) is 0 Å². The number of carbonyl (C=O) groups excluding carboxylic acids is 1. The van der Waals surface area contributed by atoms with Gasteiger partial charge in [0.2, 0.25) is 0 Å². The van der Waals surface area contributed by atoms with Crippen molar-refractivity contribution >= 4 is 5.78 Å². The zero-order valence-corrected chi connectivity index (χ0v) is 13.9. The minimum absolute atomic E-state index is 0.0260. The number of benzene rings is 1. The summed E-state index contributed by atoms with van der Waals surface area (Å²) in [5, 5.41) is 0. The van der Waals surface area contributed by atoms with E-state index in [1.165, 1.54) is 6.07 Å². The second-order valence-corrected chi connectivity index (χ2v) is 6.41. The summed E-state index contributed by atoms with van der Waals surface area (Å²) >= 11 is 0. The molecule has 0 aliphatic rings. The number of aryl methyl sites for hydroxylation is 1. The average molecular weight is 312 g/mol. The number of hydrogen-bond donors (Lipinski definition) is 0. The number of ether oxygens (including phenoxy) is 1. The van der Waals surface area contributed by atoms with E-state index in [2.05, 4.69) is 0 Å². The molecule has 0 spiro atoms. The summed E-state index contributed by atoms with van der Waals surface area (Å²) in [6.45, 7) is 7.98. The molecule has 0 saturated carbocycles. The molecule has 22 heavy (non-hydrogen) atoms. The van der Waals surface area contributed by atoms with Crippen molar-refractivity contribution in [2.75, 3.05) is 6.61 Å². The zero-order valence-electron chi connectivity index (χ0n) is 13.9. The van der Waals surface area contributed by atoms with Gasteiger partial charge in [-0.15, -0.1) is 0 Å². The highest BCUT2D eigenvalue weighted by molar-refractivity contribution is 5.80. The summed E-state index contributed by atoms with van der Waals surface area (Å²) in [5.74, 6) is -0.525. The standard InChI is InChI=1S/C18H26F2O2/c1-12(2)11-22-17-10-15(19)9-14(18(17)20)7-5-6-8-16(21)13(3)4/h9-10,12-13H,5-8,11H2,1-4H3. The number of unbranched alkanes of at least 4 members (excludes halogenated alkanes) is 1. The Morgan fingerprint density at radius 1 is 1.14 bits per heavy atom. The lowest BCUT2D eigenvalue weighted by molar-refractivity contribution is -0.122. The largest absolute Gasteiger partial charge is 0.490 e. The Bertz CT molecular complexity index is 496. The van der Waals surface area contributed by atoms with Gasteiger partial charge in [0.25, 0.3) is 0 Å². The normalized spacial score (nSPS) is 11.3. The van der Waals surface area contributed by atoms with Crippen LogP contribution in [0.1, 0.15) is 52.5 Å². The molecule has 0 fully saturated rings. The van der Waals surface area contributed by atoms with E-state index in [1.54, 1.807) is 0 Å². The van der Waals surface area contributed by atoms with Gasteiger partial charge in [-0.2, -0.15) is 0 Å². The first kappa shape index (κ1) is 18.6. The maximum absolute atomic E-state index is 14.3. The topological polar surface area (TPSA) is 26.3 Å². The molecule has 0 aliphatic heterocycles. The van der Waals surface area contributed by atoms with Gasteiger partial charge in [0.1, 0.15) is 11.6 Å². The molecule has 0 saturated heterocycles. The summed E-state index contributed by atoms with van der Waals surface area (Å²) in [7, 11) is 0. The van der Waals surface area contributed by atoms with Crippen LogP contribution in [-0.2, 0) is 11.2 Å². The Hall–Kier alpha value is -1.45. The SMILES string of the molecule is CC(C)COc1cc(F)cc(CCCCC(=O)C(C)C)c1F. The van der Waals surface area contributed by atoms with Gasteiger partial charge in [-0.25, -0.2) is 8.78 Å². The lowest BCUT2D eigenvalue weighted by Gasteiger charge is -2.12. The predicted octanol–water partition coefficient (Wildman–Crippen LogP) is 4.94. The summed E-state index contributed by atoms with van der Waals surface area (Å²) < 4.78 is 33.2. The molecule has 0 unspecified atom stereocenters. The molecule has 0 aromatic heterocycles. The van der Waals surface area contributed by atoms with E-state index in [4.69, 9.17) is 4.74 Å². The van der Waals surface area contributed by atoms with Gasteiger partial charge in [0.05, 0.1) is 6.61 Å². The van der Waals surface area contributed by atoms with Crippen molar-refractivity contribution in [2.24, 2.45) is 11.8 Å². The van der Waals surface area contributed by atoms with Crippen molar-refractivity contribution in [1.82, 2.24) is 0 Å². The van der Waals surface area contributed by atoms with Crippen molar-refractivity contribution in [3.8, 4) is 5.75 Å². The quantitative estimate of drug-likeness (QED) is 0.604. The smallest absolute Gasteiger partial charge is 0.168 e. The number of rotatable bonds is 9. The molecular weight excluding hydrogens is 286 g/mol. The van der Waals surface area contributed by atoms with Crippen molar-refractivity contribution < 1.29 is 18.3 Å². The summed E-state index contributed by atoms with van der Waals surface area (Å²) in [6.07, 6.45) is 2.25. The molecule has 0 aliphatic carbocycles. The molecule has 1 rings (SSSR count). The highest BCUT2D eigenvalue weighted by Crippen LogP contribution is 2.24. The van der Waals surface area contributed by atoms with Crippen LogP contribution in [0, 0.1) is 23.5 Å². The number of carbonyl (C=O) groups is 1. The molecule has 0 N–H and O–H groups in total.